The Morgan fingerprint density at radius 3 is 2.62 bits per heavy atom. The van der Waals surface area contributed by atoms with Crippen LogP contribution in [0, 0.1) is 17.6 Å². The minimum absolute atomic E-state index is 0.237. The highest BCUT2D eigenvalue weighted by Crippen LogP contribution is 2.43. The molecule has 1 atom stereocenters. The Labute approximate surface area is 124 Å². The molecule has 0 amide bonds. The van der Waals surface area contributed by atoms with E-state index in [1.165, 1.54) is 6.07 Å². The summed E-state index contributed by atoms with van der Waals surface area (Å²) in [6, 6.07) is 2.90. The van der Waals surface area contributed by atoms with Gasteiger partial charge < -0.3 is 4.74 Å². The van der Waals surface area contributed by atoms with Crippen molar-refractivity contribution in [1.82, 2.24) is 5.43 Å². The first kappa shape index (κ1) is 16.3. The molecule has 0 aliphatic heterocycles. The number of halogens is 2. The third-order valence-corrected chi connectivity index (χ3v) is 4.51. The van der Waals surface area contributed by atoms with Gasteiger partial charge in [0.2, 0.25) is 0 Å². The molecule has 118 valence electrons. The fourth-order valence-electron chi connectivity index (χ4n) is 3.32. The molecule has 1 aliphatic rings. The number of rotatable bonds is 5. The highest BCUT2D eigenvalue weighted by molar-refractivity contribution is 5.25. The highest BCUT2D eigenvalue weighted by Gasteiger charge is 2.43. The van der Waals surface area contributed by atoms with Gasteiger partial charge in [-0.25, -0.2) is 14.2 Å². The molecule has 0 aromatic heterocycles. The third-order valence-electron chi connectivity index (χ3n) is 4.51. The number of nitrogens with one attached hydrogen (secondary N) is 1. The molecule has 3 nitrogen and oxygen atoms in total. The predicted molar refractivity (Wildman–Crippen MR) is 78.4 cm³/mol. The van der Waals surface area contributed by atoms with Crippen LogP contribution in [0.25, 0.3) is 0 Å². The van der Waals surface area contributed by atoms with E-state index in [9.17, 15) is 8.78 Å². The Morgan fingerprint density at radius 2 is 2.05 bits per heavy atom. The molecular formula is C16H24F2N2O. The SMILES string of the molecule is CCOC1(C(NN)c2cc(F)ccc2F)CCC(C)CC1. The van der Waals surface area contributed by atoms with Gasteiger partial charge in [-0.1, -0.05) is 6.92 Å². The van der Waals surface area contributed by atoms with Crippen molar-refractivity contribution >= 4 is 0 Å². The topological polar surface area (TPSA) is 47.3 Å². The smallest absolute Gasteiger partial charge is 0.128 e. The Balaban J connectivity index is 2.38. The van der Waals surface area contributed by atoms with Crippen molar-refractivity contribution in [3.63, 3.8) is 0 Å². The van der Waals surface area contributed by atoms with Gasteiger partial charge in [-0.3, -0.25) is 5.84 Å². The van der Waals surface area contributed by atoms with E-state index >= 15 is 0 Å². The molecule has 1 aromatic rings. The van der Waals surface area contributed by atoms with Crippen LogP contribution in [-0.4, -0.2) is 12.2 Å². The quantitative estimate of drug-likeness (QED) is 0.646. The van der Waals surface area contributed by atoms with E-state index < -0.39 is 23.3 Å². The zero-order valence-electron chi connectivity index (χ0n) is 12.7. The van der Waals surface area contributed by atoms with E-state index in [2.05, 4.69) is 12.3 Å². The van der Waals surface area contributed by atoms with Crippen LogP contribution in [0.15, 0.2) is 18.2 Å². The van der Waals surface area contributed by atoms with Crippen molar-refractivity contribution in [2.24, 2.45) is 11.8 Å². The third kappa shape index (κ3) is 3.42. The largest absolute Gasteiger partial charge is 0.373 e. The Hall–Kier alpha value is -1.04. The van der Waals surface area contributed by atoms with Crippen molar-refractivity contribution < 1.29 is 13.5 Å². The van der Waals surface area contributed by atoms with E-state index in [1.807, 2.05) is 6.92 Å². The van der Waals surface area contributed by atoms with Gasteiger partial charge in [-0.15, -0.1) is 0 Å². The molecule has 1 saturated carbocycles. The van der Waals surface area contributed by atoms with E-state index in [-0.39, 0.29) is 5.56 Å². The van der Waals surface area contributed by atoms with Crippen LogP contribution in [-0.2, 0) is 4.74 Å². The number of hydrogen-bond donors (Lipinski definition) is 2. The standard InChI is InChI=1S/C16H24F2N2O/c1-3-21-16(8-6-11(2)7-9-16)15(20-19)13-10-12(17)4-5-14(13)18/h4-5,10-11,15,20H,3,6-9,19H2,1-2H3. The van der Waals surface area contributed by atoms with Gasteiger partial charge in [-0.2, -0.15) is 0 Å². The maximum absolute atomic E-state index is 14.1. The summed E-state index contributed by atoms with van der Waals surface area (Å²) in [6.07, 6.45) is 3.56. The molecule has 0 spiro atoms. The lowest BCUT2D eigenvalue weighted by molar-refractivity contribution is -0.0983. The summed E-state index contributed by atoms with van der Waals surface area (Å²) in [5, 5.41) is 0. The van der Waals surface area contributed by atoms with Gasteiger partial charge in [0.25, 0.3) is 0 Å². The molecule has 0 saturated heterocycles. The normalized spacial score (nSPS) is 27.6. The molecular weight excluding hydrogens is 274 g/mol. The van der Waals surface area contributed by atoms with Crippen LogP contribution in [0.4, 0.5) is 8.78 Å². The Morgan fingerprint density at radius 1 is 1.38 bits per heavy atom. The summed E-state index contributed by atoms with van der Waals surface area (Å²) in [5.41, 5.74) is 2.32. The second kappa shape index (κ2) is 6.81. The van der Waals surface area contributed by atoms with Crippen molar-refractivity contribution in [2.45, 2.75) is 51.2 Å². The van der Waals surface area contributed by atoms with Crippen LogP contribution in [0.3, 0.4) is 0 Å². The lowest BCUT2D eigenvalue weighted by atomic mass is 9.73. The molecule has 1 aromatic carbocycles. The fourth-order valence-corrected chi connectivity index (χ4v) is 3.32. The van der Waals surface area contributed by atoms with E-state index in [4.69, 9.17) is 10.6 Å². The first-order valence-electron chi connectivity index (χ1n) is 7.57. The lowest BCUT2D eigenvalue weighted by Crippen LogP contribution is -2.50. The van der Waals surface area contributed by atoms with Crippen molar-refractivity contribution in [3.05, 3.63) is 35.4 Å². The number of ether oxygens (including phenoxy) is 1. The second-order valence-corrected chi connectivity index (χ2v) is 5.95. The summed E-state index contributed by atoms with van der Waals surface area (Å²) in [5.74, 6) is 5.37. The predicted octanol–water partition coefficient (Wildman–Crippen LogP) is 3.45. The maximum atomic E-state index is 14.1. The first-order chi connectivity index (χ1) is 10.0. The van der Waals surface area contributed by atoms with Crippen molar-refractivity contribution in [1.29, 1.82) is 0 Å². The molecule has 2 rings (SSSR count). The lowest BCUT2D eigenvalue weighted by Gasteiger charge is -2.44. The van der Waals surface area contributed by atoms with Crippen LogP contribution < -0.4 is 11.3 Å². The maximum Gasteiger partial charge on any atom is 0.128 e. The minimum atomic E-state index is -0.579. The van der Waals surface area contributed by atoms with E-state index in [1.54, 1.807) is 0 Å². The van der Waals surface area contributed by atoms with Crippen LogP contribution in [0.5, 0.6) is 0 Å². The summed E-state index contributed by atoms with van der Waals surface area (Å²) >= 11 is 0. The molecule has 0 heterocycles. The Bertz CT molecular complexity index is 473. The Kier molecular flexibility index (Phi) is 5.30. The number of hydrogen-bond acceptors (Lipinski definition) is 3. The van der Waals surface area contributed by atoms with Gasteiger partial charge in [-0.05, 0) is 56.7 Å². The summed E-state index contributed by atoms with van der Waals surface area (Å²) in [6.45, 7) is 4.63. The van der Waals surface area contributed by atoms with Gasteiger partial charge in [0.1, 0.15) is 11.6 Å². The van der Waals surface area contributed by atoms with Gasteiger partial charge in [0, 0.05) is 12.2 Å². The number of hydrazine groups is 1. The second-order valence-electron chi connectivity index (χ2n) is 5.95. The van der Waals surface area contributed by atoms with Crippen LogP contribution >= 0.6 is 0 Å². The molecule has 0 bridgehead atoms. The highest BCUT2D eigenvalue weighted by atomic mass is 19.1. The van der Waals surface area contributed by atoms with Gasteiger partial charge >= 0.3 is 0 Å². The summed E-state index contributed by atoms with van der Waals surface area (Å²) < 4.78 is 33.6. The first-order valence-corrected chi connectivity index (χ1v) is 7.57. The molecule has 1 fully saturated rings. The summed E-state index contributed by atoms with van der Waals surface area (Å²) in [4.78, 5) is 0. The van der Waals surface area contributed by atoms with Crippen LogP contribution in [0.1, 0.15) is 51.1 Å². The molecule has 3 N–H and O–H groups in total. The molecule has 1 unspecified atom stereocenters. The van der Waals surface area contributed by atoms with Gasteiger partial charge in [0.05, 0.1) is 11.6 Å². The van der Waals surface area contributed by atoms with Gasteiger partial charge in [0.15, 0.2) is 0 Å². The number of benzene rings is 1. The fraction of sp³-hybridized carbons (Fsp3) is 0.625. The van der Waals surface area contributed by atoms with Crippen LogP contribution in [0.2, 0.25) is 0 Å². The average molecular weight is 298 g/mol. The molecule has 21 heavy (non-hydrogen) atoms. The van der Waals surface area contributed by atoms with Crippen molar-refractivity contribution in [2.75, 3.05) is 6.61 Å². The van der Waals surface area contributed by atoms with E-state index in [0.29, 0.717) is 12.5 Å². The van der Waals surface area contributed by atoms with Crippen molar-refractivity contribution in [3.8, 4) is 0 Å². The molecule has 1 aliphatic carbocycles. The summed E-state index contributed by atoms with van der Waals surface area (Å²) in [7, 11) is 0. The van der Waals surface area contributed by atoms with E-state index in [0.717, 1.165) is 37.8 Å². The zero-order chi connectivity index (χ0) is 15.5. The molecule has 5 heteroatoms. The number of nitrogens with two attached hydrogens (primary N) is 1. The minimum Gasteiger partial charge on any atom is -0.373 e. The molecule has 0 radical (unpaired) electrons. The monoisotopic (exact) mass is 298 g/mol. The zero-order valence-corrected chi connectivity index (χ0v) is 12.7. The average Bonchev–Trinajstić information content (AvgIpc) is 2.47.